The molecule has 2 rings (SSSR count). The van der Waals surface area contributed by atoms with E-state index in [1.807, 2.05) is 0 Å². The maximum absolute atomic E-state index is 12.1. The molecule has 0 aliphatic heterocycles. The highest BCUT2D eigenvalue weighted by atomic mass is 16.6. The fourth-order valence-electron chi connectivity index (χ4n) is 1.78. The molecule has 1 aromatic heterocycles. The third kappa shape index (κ3) is 5.06. The van der Waals surface area contributed by atoms with Crippen LogP contribution in [0.4, 0.5) is 21.9 Å². The van der Waals surface area contributed by atoms with Gasteiger partial charge in [-0.3, -0.25) is 10.1 Å². The van der Waals surface area contributed by atoms with Crippen molar-refractivity contribution in [3.63, 3.8) is 0 Å². The number of benzene rings is 1. The van der Waals surface area contributed by atoms with Crippen molar-refractivity contribution in [1.82, 2.24) is 4.98 Å². The molecule has 0 saturated carbocycles. The Kier molecular flexibility index (Phi) is 4.59. The van der Waals surface area contributed by atoms with Crippen molar-refractivity contribution in [2.45, 2.75) is 26.4 Å². The van der Waals surface area contributed by atoms with Crippen molar-refractivity contribution < 1.29 is 14.3 Å². The monoisotopic (exact) mass is 316 g/mol. The molecule has 23 heavy (non-hydrogen) atoms. The van der Waals surface area contributed by atoms with E-state index in [1.54, 1.807) is 45.0 Å². The second-order valence-electron chi connectivity index (χ2n) is 6.01. The van der Waals surface area contributed by atoms with Gasteiger partial charge in [-0.15, -0.1) is 0 Å². The summed E-state index contributed by atoms with van der Waals surface area (Å²) >= 11 is 0. The summed E-state index contributed by atoms with van der Waals surface area (Å²) in [6, 6.07) is 8.32. The number of aromatic amines is 1. The molecular formula is C16H20N4O3. The van der Waals surface area contributed by atoms with Crippen LogP contribution in [0.5, 0.6) is 0 Å². The van der Waals surface area contributed by atoms with Gasteiger partial charge in [0.2, 0.25) is 0 Å². The van der Waals surface area contributed by atoms with Crippen molar-refractivity contribution in [3.05, 3.63) is 42.2 Å². The van der Waals surface area contributed by atoms with Crippen molar-refractivity contribution >= 4 is 29.1 Å². The number of nitrogens with two attached hydrogens (primary N) is 1. The summed E-state index contributed by atoms with van der Waals surface area (Å²) in [5.74, 6) is -0.327. The van der Waals surface area contributed by atoms with Crippen LogP contribution in [-0.2, 0) is 4.74 Å². The molecule has 0 aliphatic carbocycles. The van der Waals surface area contributed by atoms with Crippen molar-refractivity contribution in [3.8, 4) is 0 Å². The zero-order valence-corrected chi connectivity index (χ0v) is 13.3. The number of rotatable bonds is 3. The number of carbonyl (C=O) groups is 2. The quantitative estimate of drug-likeness (QED) is 0.652. The molecule has 122 valence electrons. The minimum atomic E-state index is -0.588. The molecule has 1 heterocycles. The van der Waals surface area contributed by atoms with Gasteiger partial charge in [0, 0.05) is 17.6 Å². The van der Waals surface area contributed by atoms with E-state index in [9.17, 15) is 9.59 Å². The molecule has 0 unspecified atom stereocenters. The summed E-state index contributed by atoms with van der Waals surface area (Å²) < 4.78 is 5.14. The van der Waals surface area contributed by atoms with Crippen LogP contribution < -0.4 is 16.4 Å². The van der Waals surface area contributed by atoms with Crippen molar-refractivity contribution in [2.75, 3.05) is 16.4 Å². The number of nitrogens with one attached hydrogen (secondary N) is 3. The predicted molar refractivity (Wildman–Crippen MR) is 89.5 cm³/mol. The third-order valence-corrected chi connectivity index (χ3v) is 2.74. The van der Waals surface area contributed by atoms with Gasteiger partial charge in [0.25, 0.3) is 5.91 Å². The molecular weight excluding hydrogens is 296 g/mol. The van der Waals surface area contributed by atoms with Gasteiger partial charge in [0.15, 0.2) is 0 Å². The lowest BCUT2D eigenvalue weighted by Crippen LogP contribution is -2.27. The number of aromatic nitrogens is 1. The van der Waals surface area contributed by atoms with E-state index in [2.05, 4.69) is 15.6 Å². The Morgan fingerprint density at radius 2 is 1.74 bits per heavy atom. The fourth-order valence-corrected chi connectivity index (χ4v) is 1.78. The van der Waals surface area contributed by atoms with Gasteiger partial charge >= 0.3 is 6.09 Å². The molecule has 2 aromatic rings. The standard InChI is InChI=1S/C16H20N4O3/c1-16(2,3)23-15(22)20-12-8-13(18-9-12)14(21)19-11-6-4-10(17)5-7-11/h4-9,18H,17H2,1-3H3,(H,19,21)(H,20,22). The molecule has 2 amide bonds. The normalized spacial score (nSPS) is 10.9. The van der Waals surface area contributed by atoms with Crippen LogP contribution in [0, 0.1) is 0 Å². The molecule has 0 fully saturated rings. The maximum Gasteiger partial charge on any atom is 0.412 e. The molecule has 0 bridgehead atoms. The van der Waals surface area contributed by atoms with Crippen molar-refractivity contribution in [2.24, 2.45) is 0 Å². The number of H-pyrrole nitrogens is 1. The van der Waals surface area contributed by atoms with Crippen LogP contribution in [-0.4, -0.2) is 22.6 Å². The van der Waals surface area contributed by atoms with E-state index in [0.29, 0.717) is 22.8 Å². The molecule has 0 atom stereocenters. The average Bonchev–Trinajstić information content (AvgIpc) is 2.87. The number of carbonyl (C=O) groups excluding carboxylic acids is 2. The van der Waals surface area contributed by atoms with Crippen LogP contribution in [0.15, 0.2) is 36.5 Å². The zero-order chi connectivity index (χ0) is 17.0. The first-order valence-corrected chi connectivity index (χ1v) is 7.08. The molecule has 0 aliphatic rings. The van der Waals surface area contributed by atoms with Gasteiger partial charge in [-0.1, -0.05) is 0 Å². The maximum atomic E-state index is 12.1. The summed E-state index contributed by atoms with van der Waals surface area (Å²) in [5.41, 5.74) is 7.01. The molecule has 5 N–H and O–H groups in total. The van der Waals surface area contributed by atoms with Crippen LogP contribution >= 0.6 is 0 Å². The lowest BCUT2D eigenvalue weighted by Gasteiger charge is -2.19. The molecule has 1 aromatic carbocycles. The van der Waals surface area contributed by atoms with Crippen LogP contribution in [0.3, 0.4) is 0 Å². The van der Waals surface area contributed by atoms with E-state index >= 15 is 0 Å². The van der Waals surface area contributed by atoms with Crippen LogP contribution in [0.1, 0.15) is 31.3 Å². The number of ether oxygens (including phenoxy) is 1. The number of hydrogen-bond donors (Lipinski definition) is 4. The Balaban J connectivity index is 1.97. The van der Waals surface area contributed by atoms with Gasteiger partial charge < -0.3 is 20.8 Å². The zero-order valence-electron chi connectivity index (χ0n) is 13.3. The summed E-state index contributed by atoms with van der Waals surface area (Å²) in [6.07, 6.45) is 0.934. The van der Waals surface area contributed by atoms with Gasteiger partial charge in [0.1, 0.15) is 11.3 Å². The van der Waals surface area contributed by atoms with Crippen LogP contribution in [0.2, 0.25) is 0 Å². The number of anilines is 3. The summed E-state index contributed by atoms with van der Waals surface area (Å²) in [4.78, 5) is 26.6. The van der Waals surface area contributed by atoms with E-state index < -0.39 is 11.7 Å². The Morgan fingerprint density at radius 3 is 2.35 bits per heavy atom. The van der Waals surface area contributed by atoms with Crippen molar-refractivity contribution in [1.29, 1.82) is 0 Å². The number of amides is 2. The fraction of sp³-hybridized carbons (Fsp3) is 0.250. The second kappa shape index (κ2) is 6.43. The largest absolute Gasteiger partial charge is 0.444 e. The molecule has 0 spiro atoms. The van der Waals surface area contributed by atoms with E-state index in [1.165, 1.54) is 12.3 Å². The smallest absolute Gasteiger partial charge is 0.412 e. The second-order valence-corrected chi connectivity index (χ2v) is 6.01. The minimum absolute atomic E-state index is 0.313. The van der Waals surface area contributed by atoms with E-state index in [4.69, 9.17) is 10.5 Å². The topological polar surface area (TPSA) is 109 Å². The average molecular weight is 316 g/mol. The molecule has 0 radical (unpaired) electrons. The Labute approximate surface area is 134 Å². The molecule has 0 saturated heterocycles. The number of hydrogen-bond acceptors (Lipinski definition) is 4. The Hall–Kier alpha value is -2.96. The van der Waals surface area contributed by atoms with Gasteiger partial charge in [0.05, 0.1) is 5.69 Å². The highest BCUT2D eigenvalue weighted by Gasteiger charge is 2.17. The van der Waals surface area contributed by atoms with E-state index in [-0.39, 0.29) is 5.91 Å². The first kappa shape index (κ1) is 16.4. The van der Waals surface area contributed by atoms with Gasteiger partial charge in [-0.2, -0.15) is 0 Å². The summed E-state index contributed by atoms with van der Waals surface area (Å²) in [6.45, 7) is 5.32. The summed E-state index contributed by atoms with van der Waals surface area (Å²) in [5, 5.41) is 5.28. The first-order valence-electron chi connectivity index (χ1n) is 7.08. The lowest BCUT2D eigenvalue weighted by atomic mass is 10.2. The molecule has 7 heteroatoms. The van der Waals surface area contributed by atoms with Gasteiger partial charge in [-0.25, -0.2) is 4.79 Å². The number of nitrogen functional groups attached to an aromatic ring is 1. The summed E-state index contributed by atoms with van der Waals surface area (Å²) in [7, 11) is 0. The predicted octanol–water partition coefficient (Wildman–Crippen LogP) is 3.20. The lowest BCUT2D eigenvalue weighted by molar-refractivity contribution is 0.0635. The minimum Gasteiger partial charge on any atom is -0.444 e. The molecule has 7 nitrogen and oxygen atoms in total. The Bertz CT molecular complexity index is 699. The van der Waals surface area contributed by atoms with Crippen LogP contribution in [0.25, 0.3) is 0 Å². The highest BCUT2D eigenvalue weighted by Crippen LogP contribution is 2.15. The van der Waals surface area contributed by atoms with Gasteiger partial charge in [-0.05, 0) is 51.1 Å². The Morgan fingerprint density at radius 1 is 1.09 bits per heavy atom. The first-order chi connectivity index (χ1) is 10.7. The SMILES string of the molecule is CC(C)(C)OC(=O)Nc1c[nH]c(C(=O)Nc2ccc(N)cc2)c1. The third-order valence-electron chi connectivity index (χ3n) is 2.74. The van der Waals surface area contributed by atoms with E-state index in [0.717, 1.165) is 0 Å². The highest BCUT2D eigenvalue weighted by molar-refractivity contribution is 6.04.